The molecule has 0 saturated heterocycles. The van der Waals surface area contributed by atoms with Crippen molar-refractivity contribution in [3.8, 4) is 56.4 Å². The Morgan fingerprint density at radius 3 is 1.50 bits per heavy atom. The van der Waals surface area contributed by atoms with Crippen LogP contribution < -0.4 is 0 Å². The summed E-state index contributed by atoms with van der Waals surface area (Å²) in [5.74, 6) is 4.63. The van der Waals surface area contributed by atoms with Crippen molar-refractivity contribution in [2.75, 3.05) is 0 Å². The lowest BCUT2D eigenvalue weighted by atomic mass is 9.48. The molecular weight excluding hydrogens is 585 g/mol. The van der Waals surface area contributed by atoms with Crippen molar-refractivity contribution in [3.05, 3.63) is 144 Å². The summed E-state index contributed by atoms with van der Waals surface area (Å²) >= 11 is 0. The maximum absolute atomic E-state index is 7.37. The summed E-state index contributed by atoms with van der Waals surface area (Å²) in [4.78, 5) is 18.6. The van der Waals surface area contributed by atoms with Crippen LogP contribution in [0.5, 0.6) is 0 Å². The van der Waals surface area contributed by atoms with Gasteiger partial charge in [0.15, 0.2) is 23.2 Å². The molecule has 0 radical (unpaired) electrons. The highest BCUT2D eigenvalue weighted by Crippen LogP contribution is 2.60. The molecule has 0 aliphatic heterocycles. The van der Waals surface area contributed by atoms with Gasteiger partial charge in [0.2, 0.25) is 0 Å². The number of hydrogen-bond donors (Lipinski definition) is 0. The SMILES string of the molecule is [C-]#[N+]c1ccc(-c2nc(-c3ccccc3)nc(-c3ccccc3-c3ccccc3-c3ccc(C45CC6CC(CC(C6)C4)C5)cc3)n2)cc1. The molecule has 5 aromatic carbocycles. The van der Waals surface area contributed by atoms with E-state index in [0.717, 1.165) is 45.6 Å². The third-order valence-electron chi connectivity index (χ3n) is 11.2. The van der Waals surface area contributed by atoms with Crippen LogP contribution >= 0.6 is 0 Å². The lowest BCUT2D eigenvalue weighted by molar-refractivity contribution is -0.00518. The summed E-state index contributed by atoms with van der Waals surface area (Å²) in [6.07, 6.45) is 8.54. The van der Waals surface area contributed by atoms with Crippen molar-refractivity contribution in [3.63, 3.8) is 0 Å². The van der Waals surface area contributed by atoms with Crippen LogP contribution in [0, 0.1) is 24.3 Å². The molecule has 0 atom stereocenters. The minimum absolute atomic E-state index is 0.391. The summed E-state index contributed by atoms with van der Waals surface area (Å²) < 4.78 is 0. The quantitative estimate of drug-likeness (QED) is 0.174. The Bertz CT molecular complexity index is 2120. The molecule has 1 heterocycles. The average molecular weight is 621 g/mol. The van der Waals surface area contributed by atoms with Gasteiger partial charge in [-0.3, -0.25) is 0 Å². The average Bonchev–Trinajstić information content (AvgIpc) is 3.14. The van der Waals surface area contributed by atoms with E-state index in [1.807, 2.05) is 54.6 Å². The highest BCUT2D eigenvalue weighted by atomic mass is 15.0. The maximum atomic E-state index is 7.37. The highest BCUT2D eigenvalue weighted by molar-refractivity contribution is 5.90. The van der Waals surface area contributed by atoms with Crippen LogP contribution in [-0.4, -0.2) is 15.0 Å². The molecule has 6 aromatic rings. The first-order valence-electron chi connectivity index (χ1n) is 17.2. The summed E-state index contributed by atoms with van der Waals surface area (Å²) in [5, 5.41) is 0. The Morgan fingerprint density at radius 1 is 0.458 bits per heavy atom. The molecule has 1 aromatic heterocycles. The third kappa shape index (κ3) is 5.11. The fourth-order valence-electron chi connectivity index (χ4n) is 9.38. The van der Waals surface area contributed by atoms with Gasteiger partial charge in [-0.05, 0) is 89.5 Å². The second kappa shape index (κ2) is 11.7. The van der Waals surface area contributed by atoms with Crippen molar-refractivity contribution in [1.29, 1.82) is 0 Å². The van der Waals surface area contributed by atoms with Crippen LogP contribution in [0.3, 0.4) is 0 Å². The third-order valence-corrected chi connectivity index (χ3v) is 11.2. The van der Waals surface area contributed by atoms with Gasteiger partial charge < -0.3 is 0 Å². The van der Waals surface area contributed by atoms with Gasteiger partial charge in [0.1, 0.15) is 0 Å². The van der Waals surface area contributed by atoms with Gasteiger partial charge >= 0.3 is 0 Å². The van der Waals surface area contributed by atoms with Crippen LogP contribution in [0.15, 0.2) is 127 Å². The normalized spacial score (nSPS) is 22.4. The van der Waals surface area contributed by atoms with Gasteiger partial charge in [-0.2, -0.15) is 0 Å². The summed E-state index contributed by atoms with van der Waals surface area (Å²) in [7, 11) is 0. The molecule has 10 rings (SSSR count). The standard InChI is InChI=1S/C44H36N4/c1-45-36-21-17-34(18-22-36)42-46-41(33-9-3-2-4-10-33)47-43(48-42)40-14-8-7-13-39(40)38-12-6-5-11-37(38)32-15-19-35(20-16-32)44-26-29-23-30(27-44)25-31(24-29)28-44/h2-22,29-31H,23-28H2. The van der Waals surface area contributed by atoms with Gasteiger partial charge in [0, 0.05) is 16.7 Å². The first kappa shape index (κ1) is 28.8. The lowest BCUT2D eigenvalue weighted by Crippen LogP contribution is -2.48. The predicted molar refractivity (Wildman–Crippen MR) is 193 cm³/mol. The van der Waals surface area contributed by atoms with E-state index in [1.54, 1.807) is 5.56 Å². The first-order chi connectivity index (χ1) is 23.6. The molecule has 4 heteroatoms. The molecule has 232 valence electrons. The second-order valence-corrected chi connectivity index (χ2v) is 14.2. The Labute approximate surface area is 282 Å². The molecule has 4 bridgehead atoms. The largest absolute Gasteiger partial charge is 0.238 e. The van der Waals surface area contributed by atoms with E-state index < -0.39 is 0 Å². The number of hydrogen-bond acceptors (Lipinski definition) is 3. The van der Waals surface area contributed by atoms with E-state index in [0.29, 0.717) is 28.6 Å². The van der Waals surface area contributed by atoms with Gasteiger partial charge in [-0.1, -0.05) is 127 Å². The molecule has 0 unspecified atom stereocenters. The predicted octanol–water partition coefficient (Wildman–Crippen LogP) is 11.2. The number of benzene rings is 5. The highest BCUT2D eigenvalue weighted by Gasteiger charge is 2.51. The Morgan fingerprint density at radius 2 is 0.917 bits per heavy atom. The fraction of sp³-hybridized carbons (Fsp3) is 0.227. The van der Waals surface area contributed by atoms with Crippen LogP contribution in [0.2, 0.25) is 0 Å². The van der Waals surface area contributed by atoms with Crippen molar-refractivity contribution in [2.45, 2.75) is 43.9 Å². The Kier molecular flexibility index (Phi) is 7.01. The molecule has 0 N–H and O–H groups in total. The van der Waals surface area contributed by atoms with Gasteiger partial charge in [-0.25, -0.2) is 19.8 Å². The molecular formula is C44H36N4. The Balaban J connectivity index is 1.13. The van der Waals surface area contributed by atoms with Crippen molar-refractivity contribution < 1.29 is 0 Å². The minimum atomic E-state index is 0.391. The van der Waals surface area contributed by atoms with E-state index in [2.05, 4.69) is 77.6 Å². The van der Waals surface area contributed by atoms with Crippen LogP contribution in [0.1, 0.15) is 44.1 Å². The maximum Gasteiger partial charge on any atom is 0.187 e. The second-order valence-electron chi connectivity index (χ2n) is 14.2. The van der Waals surface area contributed by atoms with Crippen LogP contribution in [0.25, 0.3) is 61.3 Å². The summed E-state index contributed by atoms with van der Waals surface area (Å²) in [6.45, 7) is 7.37. The van der Waals surface area contributed by atoms with Crippen LogP contribution in [-0.2, 0) is 5.41 Å². The van der Waals surface area contributed by atoms with E-state index >= 15 is 0 Å². The lowest BCUT2D eigenvalue weighted by Gasteiger charge is -2.57. The fourth-order valence-corrected chi connectivity index (χ4v) is 9.38. The minimum Gasteiger partial charge on any atom is -0.238 e. The number of aromatic nitrogens is 3. The smallest absolute Gasteiger partial charge is 0.187 e. The number of rotatable bonds is 6. The van der Waals surface area contributed by atoms with E-state index in [1.165, 1.54) is 49.7 Å². The summed E-state index contributed by atoms with van der Waals surface area (Å²) in [6, 6.07) is 44.2. The van der Waals surface area contributed by atoms with E-state index in [-0.39, 0.29) is 0 Å². The number of nitrogens with zero attached hydrogens (tertiary/aromatic N) is 4. The molecule has 4 aliphatic rings. The molecule has 48 heavy (non-hydrogen) atoms. The van der Waals surface area contributed by atoms with Gasteiger partial charge in [0.05, 0.1) is 6.57 Å². The first-order valence-corrected chi connectivity index (χ1v) is 17.2. The van der Waals surface area contributed by atoms with Gasteiger partial charge in [0.25, 0.3) is 0 Å². The molecule has 4 fully saturated rings. The Hall–Kier alpha value is -5.40. The van der Waals surface area contributed by atoms with Crippen molar-refractivity contribution in [1.82, 2.24) is 15.0 Å². The van der Waals surface area contributed by atoms with Crippen LogP contribution in [0.4, 0.5) is 5.69 Å². The molecule has 4 aliphatic carbocycles. The zero-order chi connectivity index (χ0) is 32.1. The van der Waals surface area contributed by atoms with E-state index in [9.17, 15) is 0 Å². The topological polar surface area (TPSA) is 43.0 Å². The van der Waals surface area contributed by atoms with Crippen molar-refractivity contribution in [2.24, 2.45) is 17.8 Å². The van der Waals surface area contributed by atoms with Crippen molar-refractivity contribution >= 4 is 5.69 Å². The van der Waals surface area contributed by atoms with Gasteiger partial charge in [-0.15, -0.1) is 0 Å². The van der Waals surface area contributed by atoms with E-state index in [4.69, 9.17) is 21.5 Å². The molecule has 4 saturated carbocycles. The molecule has 0 spiro atoms. The monoisotopic (exact) mass is 620 g/mol. The zero-order valence-corrected chi connectivity index (χ0v) is 26.9. The summed E-state index contributed by atoms with van der Waals surface area (Å²) in [5.41, 5.74) is 9.93. The molecule has 0 amide bonds. The zero-order valence-electron chi connectivity index (χ0n) is 26.9. The molecule has 4 nitrogen and oxygen atoms in total.